The summed E-state index contributed by atoms with van der Waals surface area (Å²) in [6, 6.07) is 9.84. The van der Waals surface area contributed by atoms with E-state index in [0.717, 1.165) is 5.56 Å². The normalized spacial score (nSPS) is 17.4. The van der Waals surface area contributed by atoms with Crippen LogP contribution in [0.4, 0.5) is 0 Å². The molecule has 94 valence electrons. The highest BCUT2D eigenvalue weighted by Gasteiger charge is 2.31. The van der Waals surface area contributed by atoms with Crippen LogP contribution in [0.15, 0.2) is 34.7 Å². The van der Waals surface area contributed by atoms with Crippen LogP contribution in [0.1, 0.15) is 32.1 Å². The lowest BCUT2D eigenvalue weighted by Crippen LogP contribution is -2.47. The van der Waals surface area contributed by atoms with E-state index in [9.17, 15) is 0 Å². The summed E-state index contributed by atoms with van der Waals surface area (Å²) < 4.78 is 5.65. The standard InChI is InChI=1S/C14H17N3O/c1-14(8-5-9-14)15-10-12-16-17-13(18-12)11-6-3-2-4-7-11/h2-4,6-7,15H,5,8-10H2,1H3. The molecule has 3 rings (SSSR count). The van der Waals surface area contributed by atoms with Crippen molar-refractivity contribution < 1.29 is 4.42 Å². The average molecular weight is 243 g/mol. The summed E-state index contributed by atoms with van der Waals surface area (Å²) in [7, 11) is 0. The van der Waals surface area contributed by atoms with Crippen LogP contribution in [0.5, 0.6) is 0 Å². The second kappa shape index (κ2) is 4.53. The van der Waals surface area contributed by atoms with Crippen molar-refractivity contribution in [3.05, 3.63) is 36.2 Å². The molecular weight excluding hydrogens is 226 g/mol. The van der Waals surface area contributed by atoms with Gasteiger partial charge in [-0.2, -0.15) is 0 Å². The Morgan fingerprint density at radius 2 is 2.00 bits per heavy atom. The zero-order valence-electron chi connectivity index (χ0n) is 10.5. The Hall–Kier alpha value is -1.68. The van der Waals surface area contributed by atoms with Crippen LogP contribution < -0.4 is 5.32 Å². The lowest BCUT2D eigenvalue weighted by atomic mass is 9.78. The average Bonchev–Trinajstić information content (AvgIpc) is 2.84. The van der Waals surface area contributed by atoms with Crippen molar-refractivity contribution in [2.24, 2.45) is 0 Å². The summed E-state index contributed by atoms with van der Waals surface area (Å²) in [6.07, 6.45) is 3.77. The quantitative estimate of drug-likeness (QED) is 0.897. The van der Waals surface area contributed by atoms with E-state index in [0.29, 0.717) is 18.3 Å². The zero-order valence-corrected chi connectivity index (χ0v) is 10.5. The molecule has 0 bridgehead atoms. The molecule has 1 aromatic carbocycles. The molecule has 0 amide bonds. The molecule has 0 unspecified atom stereocenters. The fourth-order valence-electron chi connectivity index (χ4n) is 2.20. The van der Waals surface area contributed by atoms with Crippen molar-refractivity contribution in [3.8, 4) is 11.5 Å². The molecular formula is C14H17N3O. The molecule has 1 saturated carbocycles. The smallest absolute Gasteiger partial charge is 0.247 e. The van der Waals surface area contributed by atoms with Gasteiger partial charge in [0.2, 0.25) is 11.8 Å². The zero-order chi connectivity index (χ0) is 12.4. The number of rotatable bonds is 4. The van der Waals surface area contributed by atoms with Crippen LogP contribution in [-0.4, -0.2) is 15.7 Å². The lowest BCUT2D eigenvalue weighted by Gasteiger charge is -2.39. The van der Waals surface area contributed by atoms with Gasteiger partial charge in [-0.1, -0.05) is 18.2 Å². The summed E-state index contributed by atoms with van der Waals surface area (Å²) >= 11 is 0. The van der Waals surface area contributed by atoms with Gasteiger partial charge in [0.25, 0.3) is 0 Å². The highest BCUT2D eigenvalue weighted by molar-refractivity contribution is 5.51. The topological polar surface area (TPSA) is 51.0 Å². The van der Waals surface area contributed by atoms with Gasteiger partial charge in [0, 0.05) is 11.1 Å². The van der Waals surface area contributed by atoms with Gasteiger partial charge in [0.15, 0.2) is 0 Å². The maximum atomic E-state index is 5.65. The SMILES string of the molecule is CC1(NCc2nnc(-c3ccccc3)o2)CCC1. The first-order valence-electron chi connectivity index (χ1n) is 6.38. The largest absolute Gasteiger partial charge is 0.419 e. The minimum absolute atomic E-state index is 0.265. The summed E-state index contributed by atoms with van der Waals surface area (Å²) in [4.78, 5) is 0. The van der Waals surface area contributed by atoms with Gasteiger partial charge in [0.05, 0.1) is 6.54 Å². The van der Waals surface area contributed by atoms with Gasteiger partial charge in [-0.05, 0) is 38.3 Å². The Kier molecular flexibility index (Phi) is 2.88. The van der Waals surface area contributed by atoms with Crippen molar-refractivity contribution in [2.75, 3.05) is 0 Å². The van der Waals surface area contributed by atoms with Gasteiger partial charge < -0.3 is 9.73 Å². The number of benzene rings is 1. The second-order valence-electron chi connectivity index (χ2n) is 5.13. The molecule has 1 aliphatic rings. The van der Waals surface area contributed by atoms with E-state index in [4.69, 9.17) is 4.42 Å². The third-order valence-corrected chi connectivity index (χ3v) is 3.61. The first-order valence-corrected chi connectivity index (χ1v) is 6.38. The predicted octanol–water partition coefficient (Wildman–Crippen LogP) is 2.77. The van der Waals surface area contributed by atoms with E-state index >= 15 is 0 Å². The number of nitrogens with one attached hydrogen (secondary N) is 1. The summed E-state index contributed by atoms with van der Waals surface area (Å²) in [6.45, 7) is 2.89. The Morgan fingerprint density at radius 1 is 1.22 bits per heavy atom. The van der Waals surface area contributed by atoms with Gasteiger partial charge in [-0.3, -0.25) is 0 Å². The summed E-state index contributed by atoms with van der Waals surface area (Å²) in [5, 5.41) is 11.6. The molecule has 0 aliphatic heterocycles. The van der Waals surface area contributed by atoms with Crippen molar-refractivity contribution in [1.82, 2.24) is 15.5 Å². The molecule has 4 heteroatoms. The molecule has 1 N–H and O–H groups in total. The molecule has 0 spiro atoms. The summed E-state index contributed by atoms with van der Waals surface area (Å²) in [5.41, 5.74) is 1.23. The maximum Gasteiger partial charge on any atom is 0.247 e. The molecule has 1 heterocycles. The molecule has 18 heavy (non-hydrogen) atoms. The van der Waals surface area contributed by atoms with Crippen LogP contribution in [0.25, 0.3) is 11.5 Å². The molecule has 2 aromatic rings. The minimum Gasteiger partial charge on any atom is -0.419 e. The van der Waals surface area contributed by atoms with E-state index in [2.05, 4.69) is 22.4 Å². The fraction of sp³-hybridized carbons (Fsp3) is 0.429. The van der Waals surface area contributed by atoms with Crippen molar-refractivity contribution in [3.63, 3.8) is 0 Å². The molecule has 1 aromatic heterocycles. The van der Waals surface area contributed by atoms with Gasteiger partial charge in [-0.25, -0.2) is 0 Å². The van der Waals surface area contributed by atoms with E-state index in [-0.39, 0.29) is 5.54 Å². The predicted molar refractivity (Wildman–Crippen MR) is 68.8 cm³/mol. The van der Waals surface area contributed by atoms with Crippen molar-refractivity contribution >= 4 is 0 Å². The van der Waals surface area contributed by atoms with Crippen LogP contribution in [0.3, 0.4) is 0 Å². The van der Waals surface area contributed by atoms with Crippen molar-refractivity contribution in [2.45, 2.75) is 38.3 Å². The minimum atomic E-state index is 0.265. The first-order chi connectivity index (χ1) is 8.75. The Morgan fingerprint density at radius 3 is 2.67 bits per heavy atom. The van der Waals surface area contributed by atoms with Crippen LogP contribution in [0.2, 0.25) is 0 Å². The van der Waals surface area contributed by atoms with E-state index in [1.165, 1.54) is 19.3 Å². The molecule has 1 fully saturated rings. The highest BCUT2D eigenvalue weighted by atomic mass is 16.4. The first kappa shape index (κ1) is 11.4. The molecule has 1 aliphatic carbocycles. The third-order valence-electron chi connectivity index (χ3n) is 3.61. The number of aromatic nitrogens is 2. The van der Waals surface area contributed by atoms with Crippen molar-refractivity contribution in [1.29, 1.82) is 0 Å². The molecule has 0 saturated heterocycles. The highest BCUT2D eigenvalue weighted by Crippen LogP contribution is 2.31. The third kappa shape index (κ3) is 2.29. The van der Waals surface area contributed by atoms with Gasteiger partial charge >= 0.3 is 0 Å². The monoisotopic (exact) mass is 243 g/mol. The van der Waals surface area contributed by atoms with Crippen LogP contribution >= 0.6 is 0 Å². The second-order valence-corrected chi connectivity index (χ2v) is 5.13. The molecule has 0 atom stereocenters. The molecule has 4 nitrogen and oxygen atoms in total. The Balaban J connectivity index is 1.66. The van der Waals surface area contributed by atoms with E-state index in [1.807, 2.05) is 30.3 Å². The maximum absolute atomic E-state index is 5.65. The van der Waals surface area contributed by atoms with Gasteiger partial charge in [0.1, 0.15) is 0 Å². The fourth-order valence-corrected chi connectivity index (χ4v) is 2.20. The van der Waals surface area contributed by atoms with E-state index in [1.54, 1.807) is 0 Å². The van der Waals surface area contributed by atoms with Crippen LogP contribution in [0, 0.1) is 0 Å². The van der Waals surface area contributed by atoms with E-state index < -0.39 is 0 Å². The van der Waals surface area contributed by atoms with Crippen LogP contribution in [-0.2, 0) is 6.54 Å². The Labute approximate surface area is 106 Å². The lowest BCUT2D eigenvalue weighted by molar-refractivity contribution is 0.200. The summed E-state index contributed by atoms with van der Waals surface area (Å²) in [5.74, 6) is 1.24. The molecule has 0 radical (unpaired) electrons. The number of nitrogens with zero attached hydrogens (tertiary/aromatic N) is 2. The number of hydrogen-bond acceptors (Lipinski definition) is 4. The van der Waals surface area contributed by atoms with Gasteiger partial charge in [-0.15, -0.1) is 10.2 Å². The number of hydrogen-bond donors (Lipinski definition) is 1. The Bertz CT molecular complexity index is 517.